The summed E-state index contributed by atoms with van der Waals surface area (Å²) in [6, 6.07) is 31.0. The van der Waals surface area contributed by atoms with Crippen molar-refractivity contribution in [3.63, 3.8) is 0 Å². The highest BCUT2D eigenvalue weighted by Crippen LogP contribution is 2.32. The maximum Gasteiger partial charge on any atom is 0.251 e. The predicted octanol–water partition coefficient (Wildman–Crippen LogP) is 5.21. The van der Waals surface area contributed by atoms with E-state index < -0.39 is 5.91 Å². The van der Waals surface area contributed by atoms with Gasteiger partial charge in [-0.3, -0.25) is 9.59 Å². The zero-order valence-corrected chi connectivity index (χ0v) is 21.0. The first kappa shape index (κ1) is 24.8. The number of benzene rings is 4. The van der Waals surface area contributed by atoms with Crippen LogP contribution in [0.4, 0.5) is 5.69 Å². The van der Waals surface area contributed by atoms with E-state index in [1.54, 1.807) is 24.3 Å². The van der Waals surface area contributed by atoms with Gasteiger partial charge in [0.2, 0.25) is 5.91 Å². The molecular weight excluding hydrogens is 472 g/mol. The van der Waals surface area contributed by atoms with E-state index in [0.717, 1.165) is 48.3 Å². The number of amides is 2. The minimum Gasteiger partial charge on any atom is -0.367 e. The molecule has 4 aromatic carbocycles. The number of hydrogen-bond acceptors (Lipinski definition) is 4. The Labute approximate surface area is 222 Å². The first-order valence-corrected chi connectivity index (χ1v) is 12.6. The molecule has 0 aliphatic carbocycles. The third-order valence-corrected chi connectivity index (χ3v) is 6.95. The van der Waals surface area contributed by atoms with Gasteiger partial charge in [0.05, 0.1) is 11.6 Å². The molecule has 0 atom stereocenters. The van der Waals surface area contributed by atoms with Crippen molar-refractivity contribution in [2.24, 2.45) is 5.73 Å². The van der Waals surface area contributed by atoms with Crippen molar-refractivity contribution in [2.75, 3.05) is 11.4 Å². The fourth-order valence-electron chi connectivity index (χ4n) is 4.92. The minimum absolute atomic E-state index is 0.112. The largest absolute Gasteiger partial charge is 0.367 e. The van der Waals surface area contributed by atoms with Crippen LogP contribution >= 0.6 is 0 Å². The number of carbonyl (C=O) groups is 2. The third-order valence-electron chi connectivity index (χ3n) is 6.95. The minimum atomic E-state index is -0.433. The number of nitrogens with one attached hydrogen (secondary N) is 1. The topological polar surface area (TPSA) is 99.2 Å². The van der Waals surface area contributed by atoms with Gasteiger partial charge in [-0.25, -0.2) is 0 Å². The maximum absolute atomic E-state index is 12.9. The molecule has 0 spiro atoms. The zero-order valence-electron chi connectivity index (χ0n) is 21.0. The second-order valence-electron chi connectivity index (χ2n) is 9.46. The summed E-state index contributed by atoms with van der Waals surface area (Å²) in [6.07, 6.45) is 1.94. The monoisotopic (exact) mass is 500 g/mol. The van der Waals surface area contributed by atoms with Crippen molar-refractivity contribution >= 4 is 17.5 Å². The Morgan fingerprint density at radius 1 is 0.921 bits per heavy atom. The number of nitrogens with zero attached hydrogens (tertiary/aromatic N) is 2. The summed E-state index contributed by atoms with van der Waals surface area (Å²) in [5.74, 6) is -0.545. The SMILES string of the molecule is N#Cc1ccc(CNC(=O)c2ccc3c(c2)CCCN3Cc2ccccc2-c2ccc(C(N)=O)cc2)cc1. The molecule has 0 fully saturated rings. The Morgan fingerprint density at radius 3 is 2.39 bits per heavy atom. The number of nitriles is 1. The smallest absolute Gasteiger partial charge is 0.251 e. The van der Waals surface area contributed by atoms with Crippen LogP contribution in [0.5, 0.6) is 0 Å². The average Bonchev–Trinajstić information content (AvgIpc) is 2.96. The Bertz CT molecular complexity index is 1520. The highest BCUT2D eigenvalue weighted by Gasteiger charge is 2.20. The van der Waals surface area contributed by atoms with E-state index in [9.17, 15) is 9.59 Å². The van der Waals surface area contributed by atoms with Crippen molar-refractivity contribution in [2.45, 2.75) is 25.9 Å². The number of primary amides is 1. The summed E-state index contributed by atoms with van der Waals surface area (Å²) in [5.41, 5.74) is 13.8. The Balaban J connectivity index is 1.31. The van der Waals surface area contributed by atoms with Crippen molar-refractivity contribution in [1.82, 2.24) is 5.32 Å². The van der Waals surface area contributed by atoms with Crippen LogP contribution in [0.3, 0.4) is 0 Å². The van der Waals surface area contributed by atoms with E-state index in [1.807, 2.05) is 48.5 Å². The van der Waals surface area contributed by atoms with Gasteiger partial charge in [-0.2, -0.15) is 5.26 Å². The number of aryl methyl sites for hydroxylation is 1. The Kier molecular flexibility index (Phi) is 7.19. The molecule has 0 radical (unpaired) electrons. The van der Waals surface area contributed by atoms with Gasteiger partial charge in [0.15, 0.2) is 0 Å². The summed E-state index contributed by atoms with van der Waals surface area (Å²) in [7, 11) is 0. The summed E-state index contributed by atoms with van der Waals surface area (Å²) in [4.78, 5) is 26.7. The molecule has 0 unspecified atom stereocenters. The van der Waals surface area contributed by atoms with E-state index in [1.165, 1.54) is 11.1 Å². The van der Waals surface area contributed by atoms with Gasteiger partial charge in [-0.05, 0) is 83.1 Å². The van der Waals surface area contributed by atoms with Crippen LogP contribution in [0.25, 0.3) is 11.1 Å². The molecule has 5 rings (SSSR count). The summed E-state index contributed by atoms with van der Waals surface area (Å²) in [5, 5.41) is 11.9. The van der Waals surface area contributed by atoms with Crippen molar-refractivity contribution in [1.29, 1.82) is 5.26 Å². The molecule has 0 saturated carbocycles. The standard InChI is InChI=1S/C32H28N4O2/c33-19-22-7-9-23(10-8-22)20-35-32(38)27-15-16-30-26(18-27)5-3-17-36(30)21-28-4-1-2-6-29(28)24-11-13-25(14-12-24)31(34)37/h1-2,4,6-16,18H,3,5,17,20-21H2,(H2,34,37)(H,35,38). The van der Waals surface area contributed by atoms with Crippen LogP contribution < -0.4 is 16.0 Å². The lowest BCUT2D eigenvalue weighted by Crippen LogP contribution is -2.29. The Morgan fingerprint density at radius 2 is 1.66 bits per heavy atom. The Hall–Kier alpha value is -4.89. The van der Waals surface area contributed by atoms with Crippen molar-refractivity contribution in [3.05, 3.63) is 124 Å². The second kappa shape index (κ2) is 11.0. The molecule has 4 aromatic rings. The van der Waals surface area contributed by atoms with E-state index >= 15 is 0 Å². The molecule has 6 heteroatoms. The predicted molar refractivity (Wildman–Crippen MR) is 149 cm³/mol. The van der Waals surface area contributed by atoms with Crippen LogP contribution in [-0.4, -0.2) is 18.4 Å². The molecule has 38 heavy (non-hydrogen) atoms. The normalized spacial score (nSPS) is 12.3. The molecule has 0 aromatic heterocycles. The number of carbonyl (C=O) groups excluding carboxylic acids is 2. The number of rotatable bonds is 7. The van der Waals surface area contributed by atoms with E-state index in [2.05, 4.69) is 34.5 Å². The number of nitrogens with two attached hydrogens (primary N) is 1. The van der Waals surface area contributed by atoms with Crippen LogP contribution in [0.15, 0.2) is 91.0 Å². The van der Waals surface area contributed by atoms with Gasteiger partial charge >= 0.3 is 0 Å². The molecule has 2 amide bonds. The fourth-order valence-corrected chi connectivity index (χ4v) is 4.92. The highest BCUT2D eigenvalue weighted by atomic mass is 16.2. The molecular formula is C32H28N4O2. The highest BCUT2D eigenvalue weighted by molar-refractivity contribution is 5.95. The lowest BCUT2D eigenvalue weighted by atomic mass is 9.95. The lowest BCUT2D eigenvalue weighted by Gasteiger charge is -2.32. The molecule has 3 N–H and O–H groups in total. The van der Waals surface area contributed by atoms with Gasteiger partial charge in [0.1, 0.15) is 0 Å². The maximum atomic E-state index is 12.9. The quantitative estimate of drug-likeness (QED) is 0.364. The molecule has 188 valence electrons. The van der Waals surface area contributed by atoms with E-state index in [0.29, 0.717) is 23.2 Å². The molecule has 6 nitrogen and oxygen atoms in total. The fraction of sp³-hybridized carbons (Fsp3) is 0.156. The number of hydrogen-bond donors (Lipinski definition) is 2. The average molecular weight is 501 g/mol. The van der Waals surface area contributed by atoms with E-state index in [-0.39, 0.29) is 5.91 Å². The van der Waals surface area contributed by atoms with Gasteiger partial charge in [0.25, 0.3) is 5.91 Å². The second-order valence-corrected chi connectivity index (χ2v) is 9.46. The molecule has 1 aliphatic rings. The molecule has 1 heterocycles. The van der Waals surface area contributed by atoms with Gasteiger partial charge < -0.3 is 16.0 Å². The van der Waals surface area contributed by atoms with Gasteiger partial charge in [-0.1, -0.05) is 48.5 Å². The van der Waals surface area contributed by atoms with Crippen LogP contribution in [-0.2, 0) is 19.5 Å². The summed E-state index contributed by atoms with van der Waals surface area (Å²) >= 11 is 0. The summed E-state index contributed by atoms with van der Waals surface area (Å²) < 4.78 is 0. The number of fused-ring (bicyclic) bond motifs is 1. The van der Waals surface area contributed by atoms with Gasteiger partial charge in [-0.15, -0.1) is 0 Å². The molecule has 0 bridgehead atoms. The third kappa shape index (κ3) is 5.42. The van der Waals surface area contributed by atoms with Crippen LogP contribution in [0.2, 0.25) is 0 Å². The molecule has 1 aliphatic heterocycles. The molecule has 0 saturated heterocycles. The van der Waals surface area contributed by atoms with Crippen molar-refractivity contribution < 1.29 is 9.59 Å². The zero-order chi connectivity index (χ0) is 26.5. The number of anilines is 1. The summed E-state index contributed by atoms with van der Waals surface area (Å²) in [6.45, 7) is 2.09. The first-order chi connectivity index (χ1) is 18.5. The van der Waals surface area contributed by atoms with Gasteiger partial charge in [0, 0.05) is 36.4 Å². The first-order valence-electron chi connectivity index (χ1n) is 12.6. The van der Waals surface area contributed by atoms with Crippen molar-refractivity contribution in [3.8, 4) is 17.2 Å². The van der Waals surface area contributed by atoms with E-state index in [4.69, 9.17) is 11.0 Å². The lowest BCUT2D eigenvalue weighted by molar-refractivity contribution is 0.0949. The van der Waals surface area contributed by atoms with Crippen LogP contribution in [0, 0.1) is 11.3 Å². The van der Waals surface area contributed by atoms with Crippen LogP contribution in [0.1, 0.15) is 49.4 Å².